The summed E-state index contributed by atoms with van der Waals surface area (Å²) in [6.07, 6.45) is -3.97. The molecule has 28 heavy (non-hydrogen) atoms. The van der Waals surface area contributed by atoms with Crippen molar-refractivity contribution in [1.82, 2.24) is 4.98 Å². The van der Waals surface area contributed by atoms with Gasteiger partial charge in [-0.3, -0.25) is 0 Å². The Balaban J connectivity index is 2.01. The summed E-state index contributed by atoms with van der Waals surface area (Å²) in [5.41, 5.74) is 4.08. The Labute approximate surface area is 170 Å². The van der Waals surface area contributed by atoms with Crippen LogP contribution in [-0.2, 0) is 11.8 Å². The Hall–Kier alpha value is -1.76. The number of pyridine rings is 1. The first kappa shape index (κ1) is 21.0. The third kappa shape index (κ3) is 4.14. The van der Waals surface area contributed by atoms with Crippen LogP contribution in [0.5, 0.6) is 0 Å². The van der Waals surface area contributed by atoms with Gasteiger partial charge in [0.25, 0.3) is 0 Å². The normalized spacial score (nSPS) is 15.0. The van der Waals surface area contributed by atoms with E-state index in [4.69, 9.17) is 33.4 Å². The zero-order valence-corrected chi connectivity index (χ0v) is 16.8. The van der Waals surface area contributed by atoms with Crippen molar-refractivity contribution < 1.29 is 17.6 Å². The van der Waals surface area contributed by atoms with Crippen molar-refractivity contribution in [2.24, 2.45) is 5.73 Å². The predicted octanol–water partition coefficient (Wildman–Crippen LogP) is 6.30. The lowest BCUT2D eigenvalue weighted by Gasteiger charge is -2.39. The lowest BCUT2D eigenvalue weighted by Crippen LogP contribution is -2.58. The van der Waals surface area contributed by atoms with Gasteiger partial charge in [0.2, 0.25) is 0 Å². The van der Waals surface area contributed by atoms with Crippen LogP contribution >= 0.6 is 23.2 Å². The minimum Gasteiger partial charge on any atom is -0.464 e. The molecular weight excluding hydrogens is 412 g/mol. The standard InChI is InChI=1S/C20H19Cl2F3N2O/c1-18(2,14-5-3-4-13-6-7-28-17(13)14)11-19(26,20(23,24)25)10-12-8-15(21)27-16(22)9-12/h3-9H,10-11,26H2,1-2H3. The average molecular weight is 431 g/mol. The van der Waals surface area contributed by atoms with Gasteiger partial charge in [-0.2, -0.15) is 13.2 Å². The zero-order valence-electron chi connectivity index (χ0n) is 15.3. The molecule has 3 aromatic rings. The van der Waals surface area contributed by atoms with Gasteiger partial charge in [-0.15, -0.1) is 0 Å². The number of alkyl halides is 3. The van der Waals surface area contributed by atoms with Crippen LogP contribution in [0.25, 0.3) is 11.0 Å². The van der Waals surface area contributed by atoms with E-state index in [2.05, 4.69) is 4.98 Å². The third-order valence-electron chi connectivity index (χ3n) is 4.87. The van der Waals surface area contributed by atoms with Crippen LogP contribution in [-0.4, -0.2) is 16.7 Å². The van der Waals surface area contributed by atoms with Crippen LogP contribution in [0.2, 0.25) is 10.3 Å². The summed E-state index contributed by atoms with van der Waals surface area (Å²) in [5, 5.41) is 0.867. The minimum atomic E-state index is -4.65. The van der Waals surface area contributed by atoms with Crippen LogP contribution in [0.1, 0.15) is 31.4 Å². The summed E-state index contributed by atoms with van der Waals surface area (Å²) in [5.74, 6) is 0. The Morgan fingerprint density at radius 3 is 2.32 bits per heavy atom. The number of nitrogens with zero attached hydrogens (tertiary/aromatic N) is 1. The van der Waals surface area contributed by atoms with Crippen molar-refractivity contribution in [3.8, 4) is 0 Å². The second-order valence-electron chi connectivity index (χ2n) is 7.66. The van der Waals surface area contributed by atoms with Crippen LogP contribution in [0, 0.1) is 0 Å². The molecule has 1 aromatic carbocycles. The highest BCUT2D eigenvalue weighted by atomic mass is 35.5. The highest BCUT2D eigenvalue weighted by molar-refractivity contribution is 6.32. The molecule has 0 bridgehead atoms. The van der Waals surface area contributed by atoms with Crippen LogP contribution in [0.3, 0.4) is 0 Å². The monoisotopic (exact) mass is 430 g/mol. The summed E-state index contributed by atoms with van der Waals surface area (Å²) in [6, 6.07) is 9.88. The fourth-order valence-electron chi connectivity index (χ4n) is 3.65. The molecule has 0 saturated heterocycles. The molecule has 3 nitrogen and oxygen atoms in total. The fraction of sp³-hybridized carbons (Fsp3) is 0.350. The molecule has 0 aliphatic rings. The number of benzene rings is 1. The van der Waals surface area contributed by atoms with E-state index in [1.165, 1.54) is 18.4 Å². The van der Waals surface area contributed by atoms with Gasteiger partial charge >= 0.3 is 6.18 Å². The molecule has 1 unspecified atom stereocenters. The summed E-state index contributed by atoms with van der Waals surface area (Å²) in [7, 11) is 0. The van der Waals surface area contributed by atoms with Crippen LogP contribution in [0.15, 0.2) is 47.1 Å². The Morgan fingerprint density at radius 1 is 1.07 bits per heavy atom. The molecule has 0 aliphatic heterocycles. The van der Waals surface area contributed by atoms with E-state index >= 15 is 0 Å². The minimum absolute atomic E-state index is 0.0200. The molecule has 0 radical (unpaired) electrons. The summed E-state index contributed by atoms with van der Waals surface area (Å²) in [4.78, 5) is 3.77. The molecule has 0 amide bonds. The number of fused-ring (bicyclic) bond motifs is 1. The van der Waals surface area contributed by atoms with E-state index in [1.54, 1.807) is 32.0 Å². The molecular formula is C20H19Cl2F3N2O. The molecule has 2 N–H and O–H groups in total. The molecule has 0 saturated carbocycles. The van der Waals surface area contributed by atoms with Crippen molar-refractivity contribution in [2.45, 2.75) is 43.8 Å². The van der Waals surface area contributed by atoms with Gasteiger partial charge in [0, 0.05) is 10.9 Å². The predicted molar refractivity (Wildman–Crippen MR) is 105 cm³/mol. The number of para-hydroxylation sites is 1. The summed E-state index contributed by atoms with van der Waals surface area (Å²) >= 11 is 11.7. The molecule has 0 spiro atoms. The number of rotatable bonds is 5. The number of nitrogens with two attached hydrogens (primary N) is 1. The fourth-order valence-corrected chi connectivity index (χ4v) is 4.16. The average Bonchev–Trinajstić information content (AvgIpc) is 3.00. The van der Waals surface area contributed by atoms with Crippen LogP contribution in [0.4, 0.5) is 13.2 Å². The second-order valence-corrected chi connectivity index (χ2v) is 8.43. The van der Waals surface area contributed by atoms with Crippen LogP contribution < -0.4 is 5.73 Å². The molecule has 1 atom stereocenters. The number of hydrogen-bond acceptors (Lipinski definition) is 3. The number of hydrogen-bond donors (Lipinski definition) is 1. The van der Waals surface area contributed by atoms with Crippen molar-refractivity contribution in [1.29, 1.82) is 0 Å². The molecule has 3 rings (SSSR count). The lowest BCUT2D eigenvalue weighted by atomic mass is 9.71. The molecule has 0 fully saturated rings. The number of aromatic nitrogens is 1. The quantitative estimate of drug-likeness (QED) is 0.482. The Bertz CT molecular complexity index is 980. The maximum Gasteiger partial charge on any atom is 0.406 e. The molecule has 0 aliphatic carbocycles. The second kappa shape index (κ2) is 7.25. The van der Waals surface area contributed by atoms with Gasteiger partial charge in [0.1, 0.15) is 21.4 Å². The summed E-state index contributed by atoms with van der Waals surface area (Å²) in [6.45, 7) is 3.45. The topological polar surface area (TPSA) is 52.0 Å². The van der Waals surface area contributed by atoms with Gasteiger partial charge in [0.05, 0.1) is 6.26 Å². The van der Waals surface area contributed by atoms with Gasteiger partial charge < -0.3 is 10.2 Å². The van der Waals surface area contributed by atoms with Crippen molar-refractivity contribution in [2.75, 3.05) is 0 Å². The highest BCUT2D eigenvalue weighted by Crippen LogP contribution is 2.43. The molecule has 2 aromatic heterocycles. The SMILES string of the molecule is CC(C)(CC(N)(Cc1cc(Cl)nc(Cl)c1)C(F)(F)F)c1cccc2ccoc12. The zero-order chi connectivity index (χ0) is 20.7. The number of furan rings is 1. The first-order chi connectivity index (χ1) is 12.9. The maximum absolute atomic E-state index is 14.1. The molecule has 8 heteroatoms. The van der Waals surface area contributed by atoms with Crippen molar-refractivity contribution >= 4 is 34.2 Å². The Morgan fingerprint density at radius 2 is 1.71 bits per heavy atom. The first-order valence-electron chi connectivity index (χ1n) is 8.56. The smallest absolute Gasteiger partial charge is 0.406 e. The van der Waals surface area contributed by atoms with E-state index in [0.29, 0.717) is 11.1 Å². The lowest BCUT2D eigenvalue weighted by molar-refractivity contribution is -0.191. The molecule has 2 heterocycles. The third-order valence-corrected chi connectivity index (χ3v) is 5.26. The Kier molecular flexibility index (Phi) is 5.42. The van der Waals surface area contributed by atoms with Crippen molar-refractivity contribution in [3.63, 3.8) is 0 Å². The van der Waals surface area contributed by atoms with E-state index in [-0.39, 0.29) is 22.3 Å². The van der Waals surface area contributed by atoms with Gasteiger partial charge in [-0.05, 0) is 42.0 Å². The van der Waals surface area contributed by atoms with Gasteiger partial charge in [0.15, 0.2) is 0 Å². The van der Waals surface area contributed by atoms with Gasteiger partial charge in [-0.25, -0.2) is 4.98 Å². The maximum atomic E-state index is 14.1. The van der Waals surface area contributed by atoms with Crippen molar-refractivity contribution in [3.05, 3.63) is 64.1 Å². The van der Waals surface area contributed by atoms with E-state index < -0.39 is 23.6 Å². The number of halogens is 5. The highest BCUT2D eigenvalue weighted by Gasteiger charge is 2.54. The largest absolute Gasteiger partial charge is 0.464 e. The van der Waals surface area contributed by atoms with Gasteiger partial charge in [-0.1, -0.05) is 55.2 Å². The first-order valence-corrected chi connectivity index (χ1v) is 9.31. The van der Waals surface area contributed by atoms with E-state index in [1.807, 2.05) is 6.07 Å². The summed E-state index contributed by atoms with van der Waals surface area (Å²) < 4.78 is 47.7. The van der Waals surface area contributed by atoms with E-state index in [9.17, 15) is 13.2 Å². The molecule has 150 valence electrons. The van der Waals surface area contributed by atoms with E-state index in [0.717, 1.165) is 5.39 Å².